The number of aryl methyl sites for hydroxylation is 1. The number of nitrogens with zero attached hydrogens (tertiary/aromatic N) is 3. The monoisotopic (exact) mass is 327 g/mol. The van der Waals surface area contributed by atoms with Gasteiger partial charge in [0.25, 0.3) is 0 Å². The number of hydrogen-bond acceptors (Lipinski definition) is 4. The quantitative estimate of drug-likeness (QED) is 0.770. The number of benzene rings is 1. The van der Waals surface area contributed by atoms with Crippen LogP contribution in [-0.4, -0.2) is 34.7 Å². The molecule has 0 unspecified atom stereocenters. The Kier molecular flexibility index (Phi) is 6.41. The fourth-order valence-corrected chi connectivity index (χ4v) is 3.60. The zero-order valence-electron chi connectivity index (χ0n) is 14.8. The van der Waals surface area contributed by atoms with Crippen molar-refractivity contribution in [1.29, 1.82) is 0 Å². The normalized spacial score (nSPS) is 16.9. The molecule has 1 aromatic heterocycles. The van der Waals surface area contributed by atoms with E-state index in [0.717, 1.165) is 36.9 Å². The molecule has 4 nitrogen and oxygen atoms in total. The first-order chi connectivity index (χ1) is 11.8. The van der Waals surface area contributed by atoms with Crippen molar-refractivity contribution in [3.8, 4) is 11.4 Å². The van der Waals surface area contributed by atoms with Crippen molar-refractivity contribution in [3.63, 3.8) is 0 Å². The molecule has 1 fully saturated rings. The van der Waals surface area contributed by atoms with Gasteiger partial charge in [-0.25, -0.2) is 0 Å². The lowest BCUT2D eigenvalue weighted by Gasteiger charge is -2.29. The van der Waals surface area contributed by atoms with Crippen LogP contribution in [0.15, 0.2) is 34.9 Å². The largest absolute Gasteiger partial charge is 0.339 e. The molecule has 0 radical (unpaired) electrons. The third kappa shape index (κ3) is 4.91. The van der Waals surface area contributed by atoms with Gasteiger partial charge in [-0.3, -0.25) is 0 Å². The molecule has 130 valence electrons. The highest BCUT2D eigenvalue weighted by atomic mass is 16.5. The molecule has 1 saturated carbocycles. The molecule has 0 N–H and O–H groups in total. The van der Waals surface area contributed by atoms with E-state index in [1.54, 1.807) is 0 Å². The molecule has 3 rings (SSSR count). The molecule has 0 aliphatic heterocycles. The van der Waals surface area contributed by atoms with E-state index in [1.807, 2.05) is 30.3 Å². The van der Waals surface area contributed by atoms with Gasteiger partial charge in [-0.1, -0.05) is 67.6 Å². The Bertz CT molecular complexity index is 588. The molecule has 0 saturated heterocycles. The minimum absolute atomic E-state index is 0.693. The SMILES string of the molecule is CN(CCCc1nc(-c2ccccc2)no1)C1CCCCCCC1. The van der Waals surface area contributed by atoms with Crippen molar-refractivity contribution >= 4 is 0 Å². The molecule has 2 aromatic rings. The summed E-state index contributed by atoms with van der Waals surface area (Å²) in [6.45, 7) is 1.10. The average molecular weight is 327 g/mol. The summed E-state index contributed by atoms with van der Waals surface area (Å²) in [4.78, 5) is 7.06. The predicted molar refractivity (Wildman–Crippen MR) is 96.8 cm³/mol. The van der Waals surface area contributed by atoms with Crippen LogP contribution >= 0.6 is 0 Å². The molecule has 1 aliphatic rings. The third-order valence-electron chi connectivity index (χ3n) is 5.10. The minimum atomic E-state index is 0.693. The Balaban J connectivity index is 1.45. The van der Waals surface area contributed by atoms with Gasteiger partial charge in [0.05, 0.1) is 0 Å². The number of aromatic nitrogens is 2. The van der Waals surface area contributed by atoms with E-state index in [4.69, 9.17) is 4.52 Å². The highest BCUT2D eigenvalue weighted by Gasteiger charge is 2.16. The molecule has 0 amide bonds. The van der Waals surface area contributed by atoms with Crippen LogP contribution < -0.4 is 0 Å². The van der Waals surface area contributed by atoms with Crippen molar-refractivity contribution in [1.82, 2.24) is 15.0 Å². The summed E-state index contributed by atoms with van der Waals surface area (Å²) >= 11 is 0. The van der Waals surface area contributed by atoms with Crippen molar-refractivity contribution in [2.75, 3.05) is 13.6 Å². The van der Waals surface area contributed by atoms with Crippen molar-refractivity contribution in [2.45, 2.75) is 63.8 Å². The molecular formula is C20H29N3O. The van der Waals surface area contributed by atoms with E-state index in [1.165, 1.54) is 44.9 Å². The minimum Gasteiger partial charge on any atom is -0.339 e. The van der Waals surface area contributed by atoms with Crippen LogP contribution in [0.25, 0.3) is 11.4 Å². The molecule has 1 heterocycles. The molecule has 1 aliphatic carbocycles. The van der Waals surface area contributed by atoms with Gasteiger partial charge in [-0.15, -0.1) is 0 Å². The first kappa shape index (κ1) is 17.2. The van der Waals surface area contributed by atoms with Crippen LogP contribution in [0.5, 0.6) is 0 Å². The fraction of sp³-hybridized carbons (Fsp3) is 0.600. The molecule has 0 spiro atoms. The molecular weight excluding hydrogens is 298 g/mol. The first-order valence-corrected chi connectivity index (χ1v) is 9.41. The summed E-state index contributed by atoms with van der Waals surface area (Å²) in [6.07, 6.45) is 11.7. The smallest absolute Gasteiger partial charge is 0.227 e. The Morgan fingerprint density at radius 1 is 1.04 bits per heavy atom. The van der Waals surface area contributed by atoms with Gasteiger partial charge >= 0.3 is 0 Å². The van der Waals surface area contributed by atoms with Crippen molar-refractivity contribution < 1.29 is 4.52 Å². The van der Waals surface area contributed by atoms with Crippen LogP contribution in [0.3, 0.4) is 0 Å². The standard InChI is InChI=1S/C20H29N3O/c1-23(18-13-8-3-2-4-9-14-18)16-10-15-19-21-20(22-24-19)17-11-6-5-7-12-17/h5-7,11-12,18H,2-4,8-10,13-16H2,1H3. The van der Waals surface area contributed by atoms with Crippen molar-refractivity contribution in [2.24, 2.45) is 0 Å². The number of rotatable bonds is 6. The Morgan fingerprint density at radius 3 is 2.50 bits per heavy atom. The number of hydrogen-bond donors (Lipinski definition) is 0. The van der Waals surface area contributed by atoms with Gasteiger partial charge in [0.15, 0.2) is 0 Å². The first-order valence-electron chi connectivity index (χ1n) is 9.41. The van der Waals surface area contributed by atoms with Crippen LogP contribution in [0, 0.1) is 0 Å². The molecule has 4 heteroatoms. The average Bonchev–Trinajstić information content (AvgIpc) is 3.04. The van der Waals surface area contributed by atoms with Gasteiger partial charge in [0.1, 0.15) is 0 Å². The van der Waals surface area contributed by atoms with Crippen LogP contribution in [-0.2, 0) is 6.42 Å². The maximum absolute atomic E-state index is 5.40. The molecule has 24 heavy (non-hydrogen) atoms. The second-order valence-corrected chi connectivity index (χ2v) is 6.96. The molecule has 0 atom stereocenters. The second-order valence-electron chi connectivity index (χ2n) is 6.96. The lowest BCUT2D eigenvalue weighted by atomic mass is 9.96. The van der Waals surface area contributed by atoms with E-state index < -0.39 is 0 Å². The van der Waals surface area contributed by atoms with Crippen LogP contribution in [0.1, 0.15) is 57.3 Å². The van der Waals surface area contributed by atoms with Crippen LogP contribution in [0.4, 0.5) is 0 Å². The maximum Gasteiger partial charge on any atom is 0.227 e. The zero-order valence-corrected chi connectivity index (χ0v) is 14.8. The molecule has 1 aromatic carbocycles. The predicted octanol–water partition coefficient (Wildman–Crippen LogP) is 4.71. The van der Waals surface area contributed by atoms with Gasteiger partial charge < -0.3 is 9.42 Å². The topological polar surface area (TPSA) is 42.2 Å². The summed E-state index contributed by atoms with van der Waals surface area (Å²) in [5.74, 6) is 1.44. The van der Waals surface area contributed by atoms with E-state index in [0.29, 0.717) is 5.82 Å². The van der Waals surface area contributed by atoms with Gasteiger partial charge in [-0.2, -0.15) is 4.98 Å². The van der Waals surface area contributed by atoms with Gasteiger partial charge in [0.2, 0.25) is 11.7 Å². The van der Waals surface area contributed by atoms with E-state index in [-0.39, 0.29) is 0 Å². The van der Waals surface area contributed by atoms with E-state index in [2.05, 4.69) is 22.1 Å². The Labute approximate surface area is 145 Å². The summed E-state index contributed by atoms with van der Waals surface area (Å²) < 4.78 is 5.40. The highest BCUT2D eigenvalue weighted by Crippen LogP contribution is 2.21. The lowest BCUT2D eigenvalue weighted by molar-refractivity contribution is 0.199. The van der Waals surface area contributed by atoms with E-state index >= 15 is 0 Å². The lowest BCUT2D eigenvalue weighted by Crippen LogP contribution is -2.33. The fourth-order valence-electron chi connectivity index (χ4n) is 3.60. The highest BCUT2D eigenvalue weighted by molar-refractivity contribution is 5.53. The zero-order chi connectivity index (χ0) is 16.6. The van der Waals surface area contributed by atoms with E-state index in [9.17, 15) is 0 Å². The third-order valence-corrected chi connectivity index (χ3v) is 5.10. The molecule has 0 bridgehead atoms. The van der Waals surface area contributed by atoms with Crippen molar-refractivity contribution in [3.05, 3.63) is 36.2 Å². The van der Waals surface area contributed by atoms with Gasteiger partial charge in [0, 0.05) is 18.0 Å². The Morgan fingerprint density at radius 2 is 1.75 bits per heavy atom. The summed E-state index contributed by atoms with van der Waals surface area (Å²) in [5.41, 5.74) is 1.01. The summed E-state index contributed by atoms with van der Waals surface area (Å²) in [5, 5.41) is 4.10. The summed E-state index contributed by atoms with van der Waals surface area (Å²) in [6, 6.07) is 10.8. The Hall–Kier alpha value is -1.68. The summed E-state index contributed by atoms with van der Waals surface area (Å²) in [7, 11) is 2.27. The van der Waals surface area contributed by atoms with Crippen LogP contribution in [0.2, 0.25) is 0 Å². The van der Waals surface area contributed by atoms with Gasteiger partial charge in [-0.05, 0) is 32.9 Å². The maximum atomic E-state index is 5.40. The second kappa shape index (κ2) is 8.97.